The van der Waals surface area contributed by atoms with Crippen molar-refractivity contribution < 1.29 is 9.53 Å². The fourth-order valence-electron chi connectivity index (χ4n) is 1.23. The summed E-state index contributed by atoms with van der Waals surface area (Å²) in [6.07, 6.45) is 0. The van der Waals surface area contributed by atoms with Crippen molar-refractivity contribution in [3.05, 3.63) is 0 Å². The second-order valence-corrected chi connectivity index (χ2v) is 4.87. The topological polar surface area (TPSA) is 29.5 Å². The smallest absolute Gasteiger partial charge is 0.195 e. The predicted octanol–water partition coefficient (Wildman–Crippen LogP) is 1.26. The largest absolute Gasteiger partial charge is 0.378 e. The van der Waals surface area contributed by atoms with Crippen molar-refractivity contribution in [3.8, 4) is 0 Å². The Balaban J connectivity index is 2.60. The Morgan fingerprint density at radius 3 is 2.21 bits per heavy atom. The molecule has 0 spiro atoms. The van der Waals surface area contributed by atoms with E-state index in [2.05, 4.69) is 0 Å². The van der Waals surface area contributed by atoms with Crippen molar-refractivity contribution >= 4 is 23.0 Å². The van der Waals surface area contributed by atoms with Gasteiger partial charge in [0.25, 0.3) is 0 Å². The van der Waals surface area contributed by atoms with E-state index < -0.39 is 0 Å². The molecule has 0 atom stereocenters. The van der Waals surface area contributed by atoms with Gasteiger partial charge < -0.3 is 9.64 Å². The monoisotopic (exact) mass is 215 g/mol. The maximum absolute atomic E-state index is 11.8. The van der Waals surface area contributed by atoms with Crippen LogP contribution in [0.25, 0.3) is 0 Å². The second-order valence-electron chi connectivity index (χ2n) is 4.48. The van der Waals surface area contributed by atoms with E-state index in [0.29, 0.717) is 18.2 Å². The van der Waals surface area contributed by atoms with Gasteiger partial charge in [-0.1, -0.05) is 33.0 Å². The van der Waals surface area contributed by atoms with Crippen LogP contribution in [0.2, 0.25) is 0 Å². The molecule has 0 amide bonds. The third kappa shape index (κ3) is 2.75. The summed E-state index contributed by atoms with van der Waals surface area (Å²) in [5.41, 5.74) is -0.380. The van der Waals surface area contributed by atoms with Gasteiger partial charge >= 0.3 is 0 Å². The fraction of sp³-hybridized carbons (Fsp3) is 0.800. The molecule has 0 aromatic rings. The van der Waals surface area contributed by atoms with E-state index in [1.54, 1.807) is 0 Å². The average Bonchev–Trinajstić information content (AvgIpc) is 2.15. The highest BCUT2D eigenvalue weighted by Gasteiger charge is 2.29. The lowest BCUT2D eigenvalue weighted by Gasteiger charge is -2.30. The standard InChI is InChI=1S/C10H17NO2S/c1-10(2,3)8(12)9(14)11-4-6-13-7-5-11/h4-7H2,1-3H3. The van der Waals surface area contributed by atoms with Gasteiger partial charge in [-0.2, -0.15) is 0 Å². The number of hydrogen-bond acceptors (Lipinski definition) is 3. The van der Waals surface area contributed by atoms with Crippen LogP contribution >= 0.6 is 12.2 Å². The van der Waals surface area contributed by atoms with Gasteiger partial charge in [0, 0.05) is 18.5 Å². The summed E-state index contributed by atoms with van der Waals surface area (Å²) in [6.45, 7) is 8.47. The number of morpholine rings is 1. The summed E-state index contributed by atoms with van der Waals surface area (Å²) in [7, 11) is 0. The van der Waals surface area contributed by atoms with Crippen LogP contribution in [0.1, 0.15) is 20.8 Å². The van der Waals surface area contributed by atoms with Gasteiger partial charge in [-0.05, 0) is 0 Å². The number of carbonyl (C=O) groups excluding carboxylic acids is 1. The lowest BCUT2D eigenvalue weighted by Crippen LogP contribution is -2.46. The number of hydrogen-bond donors (Lipinski definition) is 0. The molecule has 1 aliphatic rings. The van der Waals surface area contributed by atoms with Crippen molar-refractivity contribution in [2.45, 2.75) is 20.8 Å². The van der Waals surface area contributed by atoms with Gasteiger partial charge in [-0.3, -0.25) is 4.79 Å². The number of ether oxygens (including phenoxy) is 1. The second kappa shape index (κ2) is 4.36. The molecule has 0 aliphatic carbocycles. The summed E-state index contributed by atoms with van der Waals surface area (Å²) in [6, 6.07) is 0. The Bertz CT molecular complexity index is 239. The molecule has 14 heavy (non-hydrogen) atoms. The van der Waals surface area contributed by atoms with E-state index in [1.807, 2.05) is 25.7 Å². The molecule has 1 rings (SSSR count). The van der Waals surface area contributed by atoms with Gasteiger partial charge in [-0.25, -0.2) is 0 Å². The molecule has 80 valence electrons. The minimum Gasteiger partial charge on any atom is -0.378 e. The normalized spacial score (nSPS) is 18.1. The Morgan fingerprint density at radius 1 is 1.29 bits per heavy atom. The highest BCUT2D eigenvalue weighted by atomic mass is 32.1. The summed E-state index contributed by atoms with van der Waals surface area (Å²) in [5.74, 6) is 0.0504. The molecule has 0 radical (unpaired) electrons. The molecular weight excluding hydrogens is 198 g/mol. The van der Waals surface area contributed by atoms with Crippen LogP contribution in [0.4, 0.5) is 0 Å². The van der Waals surface area contributed by atoms with Crippen molar-refractivity contribution in [2.24, 2.45) is 5.41 Å². The van der Waals surface area contributed by atoms with Crippen LogP contribution in [-0.4, -0.2) is 42.0 Å². The molecule has 0 aromatic carbocycles. The number of ketones is 1. The van der Waals surface area contributed by atoms with Gasteiger partial charge in [-0.15, -0.1) is 0 Å². The van der Waals surface area contributed by atoms with Crippen LogP contribution in [0.5, 0.6) is 0 Å². The molecule has 3 nitrogen and oxygen atoms in total. The SMILES string of the molecule is CC(C)(C)C(=O)C(=S)N1CCOCC1. The molecule has 0 aromatic heterocycles. The Labute approximate surface area is 90.4 Å². The quantitative estimate of drug-likeness (QED) is 0.616. The molecule has 4 heteroatoms. The molecule has 1 saturated heterocycles. The van der Waals surface area contributed by atoms with Gasteiger partial charge in [0.05, 0.1) is 13.2 Å². The van der Waals surface area contributed by atoms with Crippen LogP contribution in [0.3, 0.4) is 0 Å². The lowest BCUT2D eigenvalue weighted by molar-refractivity contribution is -0.120. The van der Waals surface area contributed by atoms with E-state index in [0.717, 1.165) is 13.1 Å². The first kappa shape index (κ1) is 11.6. The number of nitrogens with zero attached hydrogens (tertiary/aromatic N) is 1. The van der Waals surface area contributed by atoms with Crippen LogP contribution < -0.4 is 0 Å². The van der Waals surface area contributed by atoms with Crippen molar-refractivity contribution in [1.29, 1.82) is 0 Å². The highest BCUT2D eigenvalue weighted by molar-refractivity contribution is 7.82. The van der Waals surface area contributed by atoms with Crippen LogP contribution in [0.15, 0.2) is 0 Å². The Kier molecular flexibility index (Phi) is 3.61. The van der Waals surface area contributed by atoms with E-state index in [4.69, 9.17) is 17.0 Å². The van der Waals surface area contributed by atoms with Crippen molar-refractivity contribution in [2.75, 3.05) is 26.3 Å². The first-order chi connectivity index (χ1) is 6.43. The van der Waals surface area contributed by atoms with E-state index in [-0.39, 0.29) is 11.2 Å². The van der Waals surface area contributed by atoms with Crippen molar-refractivity contribution in [1.82, 2.24) is 4.90 Å². The number of rotatable bonds is 1. The first-order valence-electron chi connectivity index (χ1n) is 4.84. The average molecular weight is 215 g/mol. The van der Waals surface area contributed by atoms with Crippen LogP contribution in [0, 0.1) is 5.41 Å². The maximum Gasteiger partial charge on any atom is 0.195 e. The lowest BCUT2D eigenvalue weighted by atomic mass is 9.90. The highest BCUT2D eigenvalue weighted by Crippen LogP contribution is 2.17. The third-order valence-corrected chi connectivity index (χ3v) is 2.62. The van der Waals surface area contributed by atoms with Crippen molar-refractivity contribution in [3.63, 3.8) is 0 Å². The Hall–Kier alpha value is -0.480. The number of Topliss-reactive ketones (excluding diaryl/α,β-unsaturated/α-hetero) is 1. The Morgan fingerprint density at radius 2 is 1.79 bits per heavy atom. The molecule has 1 fully saturated rings. The van der Waals surface area contributed by atoms with E-state index >= 15 is 0 Å². The molecule has 0 unspecified atom stereocenters. The summed E-state index contributed by atoms with van der Waals surface area (Å²) in [4.78, 5) is 14.2. The van der Waals surface area contributed by atoms with Crippen LogP contribution in [-0.2, 0) is 9.53 Å². The fourth-order valence-corrected chi connectivity index (χ4v) is 1.72. The number of thiocarbonyl (C=S) groups is 1. The van der Waals surface area contributed by atoms with E-state index in [9.17, 15) is 4.79 Å². The maximum atomic E-state index is 11.8. The molecule has 0 N–H and O–H groups in total. The third-order valence-electron chi connectivity index (χ3n) is 2.17. The summed E-state index contributed by atoms with van der Waals surface area (Å²) in [5, 5.41) is 0. The molecule has 1 heterocycles. The molecule has 0 saturated carbocycles. The zero-order valence-corrected chi connectivity index (χ0v) is 9.82. The number of carbonyl (C=O) groups is 1. The molecule has 1 aliphatic heterocycles. The summed E-state index contributed by atoms with van der Waals surface area (Å²) >= 11 is 5.17. The van der Waals surface area contributed by atoms with Gasteiger partial charge in [0.15, 0.2) is 5.78 Å². The summed E-state index contributed by atoms with van der Waals surface area (Å²) < 4.78 is 5.20. The minimum atomic E-state index is -0.380. The zero-order chi connectivity index (χ0) is 10.8. The minimum absolute atomic E-state index is 0.0504. The van der Waals surface area contributed by atoms with Gasteiger partial charge in [0.1, 0.15) is 4.99 Å². The molecule has 0 bridgehead atoms. The zero-order valence-electron chi connectivity index (χ0n) is 9.00. The predicted molar refractivity (Wildman–Crippen MR) is 59.5 cm³/mol. The first-order valence-corrected chi connectivity index (χ1v) is 5.25. The van der Waals surface area contributed by atoms with E-state index in [1.165, 1.54) is 0 Å². The molecular formula is C10H17NO2S. The van der Waals surface area contributed by atoms with Gasteiger partial charge in [0.2, 0.25) is 0 Å².